The first-order valence-electron chi connectivity index (χ1n) is 9.73. The number of hydrogen-bond donors (Lipinski definition) is 1. The molecule has 2 heterocycles. The summed E-state index contributed by atoms with van der Waals surface area (Å²) in [5.74, 6) is 1.01. The van der Waals surface area contributed by atoms with Crippen LogP contribution < -0.4 is 5.32 Å². The maximum Gasteiger partial charge on any atom is 0.193 e. The van der Waals surface area contributed by atoms with Gasteiger partial charge < -0.3 is 10.2 Å². The fourth-order valence-corrected chi connectivity index (χ4v) is 4.82. The van der Waals surface area contributed by atoms with Gasteiger partial charge in [0, 0.05) is 38.8 Å². The normalized spacial score (nSPS) is 23.2. The van der Waals surface area contributed by atoms with Gasteiger partial charge in [-0.25, -0.2) is 0 Å². The van der Waals surface area contributed by atoms with Crippen LogP contribution in [0.5, 0.6) is 0 Å². The topological polar surface area (TPSA) is 45.5 Å². The molecule has 2 aliphatic rings. The summed E-state index contributed by atoms with van der Waals surface area (Å²) in [5, 5.41) is 7.79. The van der Waals surface area contributed by atoms with Crippen molar-refractivity contribution >= 4 is 5.96 Å². The second-order valence-electron chi connectivity index (χ2n) is 7.66. The summed E-state index contributed by atoms with van der Waals surface area (Å²) in [4.78, 5) is 7.04. The first-order chi connectivity index (χ1) is 12.7. The average molecular weight is 351 g/mol. The van der Waals surface area contributed by atoms with E-state index in [4.69, 9.17) is 0 Å². The third-order valence-corrected chi connectivity index (χ3v) is 6.13. The molecule has 0 amide bonds. The van der Waals surface area contributed by atoms with Crippen LogP contribution in [0.25, 0.3) is 0 Å². The van der Waals surface area contributed by atoms with Crippen LogP contribution in [-0.4, -0.2) is 40.8 Å². The van der Waals surface area contributed by atoms with Gasteiger partial charge in [0.2, 0.25) is 0 Å². The SMILES string of the molecule is CN=C(NCc1ccnn1C)N1CCCC2(CCCc3ccccc32)C1. The molecule has 1 saturated heterocycles. The van der Waals surface area contributed by atoms with E-state index in [-0.39, 0.29) is 5.41 Å². The lowest BCUT2D eigenvalue weighted by Crippen LogP contribution is -2.53. The molecule has 5 nitrogen and oxygen atoms in total. The Balaban J connectivity index is 1.52. The van der Waals surface area contributed by atoms with Crippen LogP contribution in [0.15, 0.2) is 41.5 Å². The van der Waals surface area contributed by atoms with Gasteiger partial charge in [0.15, 0.2) is 5.96 Å². The van der Waals surface area contributed by atoms with Crippen LogP contribution in [0.3, 0.4) is 0 Å². The first-order valence-corrected chi connectivity index (χ1v) is 9.73. The second kappa shape index (κ2) is 7.14. The third kappa shape index (κ3) is 3.11. The molecule has 1 aliphatic heterocycles. The fourth-order valence-electron chi connectivity index (χ4n) is 4.82. The minimum absolute atomic E-state index is 0.289. The largest absolute Gasteiger partial charge is 0.351 e. The Morgan fingerprint density at radius 2 is 2.08 bits per heavy atom. The van der Waals surface area contributed by atoms with Crippen molar-refractivity contribution in [2.75, 3.05) is 20.1 Å². The zero-order valence-electron chi connectivity index (χ0n) is 15.9. The Morgan fingerprint density at radius 1 is 1.23 bits per heavy atom. The monoisotopic (exact) mass is 351 g/mol. The molecule has 5 heteroatoms. The zero-order chi connectivity index (χ0) is 18.0. The molecule has 4 rings (SSSR count). The molecule has 0 radical (unpaired) electrons. The molecule has 1 N–H and O–H groups in total. The lowest BCUT2D eigenvalue weighted by Gasteiger charge is -2.47. The van der Waals surface area contributed by atoms with Gasteiger partial charge in [-0.05, 0) is 49.3 Å². The fraction of sp³-hybridized carbons (Fsp3) is 0.524. The predicted molar refractivity (Wildman–Crippen MR) is 105 cm³/mol. The Labute approximate surface area is 156 Å². The van der Waals surface area contributed by atoms with E-state index >= 15 is 0 Å². The molecule has 26 heavy (non-hydrogen) atoms. The summed E-state index contributed by atoms with van der Waals surface area (Å²) in [6.45, 7) is 2.90. The Bertz CT molecular complexity index is 793. The number of rotatable bonds is 2. The summed E-state index contributed by atoms with van der Waals surface area (Å²) < 4.78 is 1.91. The van der Waals surface area contributed by atoms with E-state index < -0.39 is 0 Å². The highest BCUT2D eigenvalue weighted by molar-refractivity contribution is 5.80. The number of fused-ring (bicyclic) bond motifs is 2. The maximum atomic E-state index is 4.58. The van der Waals surface area contributed by atoms with Gasteiger partial charge in [-0.1, -0.05) is 24.3 Å². The van der Waals surface area contributed by atoms with Crippen LogP contribution in [0, 0.1) is 0 Å². The Hall–Kier alpha value is -2.30. The summed E-state index contributed by atoms with van der Waals surface area (Å²) in [6.07, 6.45) is 8.17. The number of piperidine rings is 1. The van der Waals surface area contributed by atoms with Crippen molar-refractivity contribution in [3.05, 3.63) is 53.3 Å². The molecular weight excluding hydrogens is 322 g/mol. The average Bonchev–Trinajstić information content (AvgIpc) is 3.08. The van der Waals surface area contributed by atoms with Crippen LogP contribution >= 0.6 is 0 Å². The molecule has 1 aromatic heterocycles. The van der Waals surface area contributed by atoms with Gasteiger partial charge in [0.05, 0.1) is 12.2 Å². The van der Waals surface area contributed by atoms with E-state index in [0.717, 1.165) is 25.6 Å². The summed E-state index contributed by atoms with van der Waals surface area (Å²) in [7, 11) is 3.87. The molecule has 1 aliphatic carbocycles. The van der Waals surface area contributed by atoms with E-state index in [0.29, 0.717) is 0 Å². The third-order valence-electron chi connectivity index (χ3n) is 6.13. The number of hydrogen-bond acceptors (Lipinski definition) is 2. The van der Waals surface area contributed by atoms with Crippen molar-refractivity contribution in [1.82, 2.24) is 20.0 Å². The number of nitrogens with zero attached hydrogens (tertiary/aromatic N) is 4. The zero-order valence-corrected chi connectivity index (χ0v) is 15.9. The molecule has 1 unspecified atom stereocenters. The van der Waals surface area contributed by atoms with Crippen LogP contribution in [0.2, 0.25) is 0 Å². The summed E-state index contributed by atoms with van der Waals surface area (Å²) in [5.41, 5.74) is 4.59. The number of nitrogens with one attached hydrogen (secondary N) is 1. The highest BCUT2D eigenvalue weighted by Crippen LogP contribution is 2.43. The van der Waals surface area contributed by atoms with Crippen LogP contribution in [0.4, 0.5) is 0 Å². The highest BCUT2D eigenvalue weighted by atomic mass is 15.3. The Morgan fingerprint density at radius 3 is 2.88 bits per heavy atom. The van der Waals surface area contributed by atoms with E-state index in [1.54, 1.807) is 11.1 Å². The van der Waals surface area contributed by atoms with Gasteiger partial charge >= 0.3 is 0 Å². The van der Waals surface area contributed by atoms with Crippen LogP contribution in [-0.2, 0) is 25.4 Å². The summed E-state index contributed by atoms with van der Waals surface area (Å²) in [6, 6.07) is 11.1. The number of guanidine groups is 1. The van der Waals surface area contributed by atoms with E-state index in [2.05, 4.69) is 50.6 Å². The standard InChI is InChI=1S/C21H29N5/c1-22-20(23-15-18-10-13-24-25(18)2)26-14-6-12-21(16-26)11-5-8-17-7-3-4-9-19(17)21/h3-4,7,9-10,13H,5-6,8,11-12,14-16H2,1-2H3,(H,22,23). The smallest absolute Gasteiger partial charge is 0.193 e. The first kappa shape index (κ1) is 17.1. The van der Waals surface area contributed by atoms with Gasteiger partial charge in [0.25, 0.3) is 0 Å². The molecule has 1 aromatic carbocycles. The lowest BCUT2D eigenvalue weighted by atomic mass is 9.66. The molecule has 1 atom stereocenters. The number of likely N-dealkylation sites (tertiary alicyclic amines) is 1. The number of aromatic nitrogens is 2. The van der Waals surface area contributed by atoms with E-state index in [1.807, 2.05) is 25.0 Å². The van der Waals surface area contributed by atoms with Crippen molar-refractivity contribution in [2.45, 2.75) is 44.1 Å². The van der Waals surface area contributed by atoms with Crippen LogP contribution in [0.1, 0.15) is 42.5 Å². The number of benzene rings is 1. The predicted octanol–water partition coefficient (Wildman–Crippen LogP) is 2.87. The minimum Gasteiger partial charge on any atom is -0.351 e. The van der Waals surface area contributed by atoms with Crippen molar-refractivity contribution in [3.63, 3.8) is 0 Å². The number of aryl methyl sites for hydroxylation is 2. The van der Waals surface area contributed by atoms with Crippen molar-refractivity contribution in [1.29, 1.82) is 0 Å². The molecule has 1 spiro atoms. The molecule has 138 valence electrons. The molecule has 2 aromatic rings. The van der Waals surface area contributed by atoms with E-state index in [1.165, 1.54) is 37.8 Å². The van der Waals surface area contributed by atoms with Gasteiger partial charge in [-0.15, -0.1) is 0 Å². The minimum atomic E-state index is 0.289. The lowest BCUT2D eigenvalue weighted by molar-refractivity contribution is 0.188. The molecule has 0 saturated carbocycles. The van der Waals surface area contributed by atoms with Crippen molar-refractivity contribution in [2.24, 2.45) is 12.0 Å². The van der Waals surface area contributed by atoms with Gasteiger partial charge in [-0.2, -0.15) is 5.10 Å². The van der Waals surface area contributed by atoms with Crippen molar-refractivity contribution in [3.8, 4) is 0 Å². The highest BCUT2D eigenvalue weighted by Gasteiger charge is 2.40. The van der Waals surface area contributed by atoms with E-state index in [9.17, 15) is 0 Å². The molecule has 0 bridgehead atoms. The molecular formula is C21H29N5. The maximum absolute atomic E-state index is 4.58. The van der Waals surface area contributed by atoms with Crippen molar-refractivity contribution < 1.29 is 0 Å². The van der Waals surface area contributed by atoms with Gasteiger partial charge in [-0.3, -0.25) is 9.67 Å². The summed E-state index contributed by atoms with van der Waals surface area (Å²) >= 11 is 0. The molecule has 1 fully saturated rings. The van der Waals surface area contributed by atoms with Gasteiger partial charge in [0.1, 0.15) is 0 Å². The second-order valence-corrected chi connectivity index (χ2v) is 7.66. The number of aliphatic imine (C=N–C) groups is 1. The Kier molecular flexibility index (Phi) is 4.70. The quantitative estimate of drug-likeness (QED) is 0.668.